The van der Waals surface area contributed by atoms with Crippen molar-refractivity contribution in [2.45, 2.75) is 26.2 Å². The lowest BCUT2D eigenvalue weighted by molar-refractivity contribution is -0.129. The molecule has 5 heteroatoms. The zero-order valence-electron chi connectivity index (χ0n) is 14.9. The van der Waals surface area contributed by atoms with Gasteiger partial charge in [0.1, 0.15) is 0 Å². The highest BCUT2D eigenvalue weighted by atomic mass is 16.2. The van der Waals surface area contributed by atoms with Gasteiger partial charge in [-0.05, 0) is 12.0 Å². The largest absolute Gasteiger partial charge is 0.342 e. The molecule has 1 saturated heterocycles. The van der Waals surface area contributed by atoms with Crippen LogP contribution in [-0.4, -0.2) is 39.6 Å². The van der Waals surface area contributed by atoms with Crippen molar-refractivity contribution in [3.05, 3.63) is 54.5 Å². The predicted molar refractivity (Wildman–Crippen MR) is 102 cm³/mol. The number of benzene rings is 1. The van der Waals surface area contributed by atoms with Gasteiger partial charge in [0, 0.05) is 67.3 Å². The van der Waals surface area contributed by atoms with Gasteiger partial charge < -0.3 is 4.90 Å². The topological polar surface area (TPSA) is 58.5 Å². The van der Waals surface area contributed by atoms with Gasteiger partial charge in [-0.1, -0.05) is 37.3 Å². The van der Waals surface area contributed by atoms with Crippen LogP contribution in [0.2, 0.25) is 0 Å². The molecule has 5 nitrogen and oxygen atoms in total. The summed E-state index contributed by atoms with van der Waals surface area (Å²) >= 11 is 0. The van der Waals surface area contributed by atoms with E-state index < -0.39 is 0 Å². The normalized spacial score (nSPS) is 19.4. The minimum absolute atomic E-state index is 0.240. The van der Waals surface area contributed by atoms with Crippen molar-refractivity contribution < 1.29 is 4.79 Å². The highest BCUT2D eigenvalue weighted by molar-refractivity contribution is 6.00. The number of aliphatic imine (C=N–C) groups is 1. The van der Waals surface area contributed by atoms with E-state index in [4.69, 9.17) is 0 Å². The van der Waals surface area contributed by atoms with Crippen molar-refractivity contribution >= 4 is 17.2 Å². The number of aromatic nitrogens is 2. The number of carbonyl (C=O) groups excluding carboxylic acids is 1. The summed E-state index contributed by atoms with van der Waals surface area (Å²) < 4.78 is 0. The van der Waals surface area contributed by atoms with Crippen molar-refractivity contribution in [2.24, 2.45) is 10.9 Å². The van der Waals surface area contributed by atoms with E-state index in [9.17, 15) is 4.79 Å². The number of amides is 1. The monoisotopic (exact) mass is 346 g/mol. The fraction of sp³-hybridized carbons (Fsp3) is 0.333. The molecule has 0 radical (unpaired) electrons. The Morgan fingerprint density at radius 2 is 1.92 bits per heavy atom. The molecule has 26 heavy (non-hydrogen) atoms. The van der Waals surface area contributed by atoms with E-state index in [1.807, 2.05) is 60.7 Å². The number of allylic oxidation sites excluding steroid dienone is 1. The molecule has 1 unspecified atom stereocenters. The Kier molecular flexibility index (Phi) is 4.61. The zero-order valence-corrected chi connectivity index (χ0v) is 14.9. The molecular weight excluding hydrogens is 324 g/mol. The Bertz CT molecular complexity index is 855. The Balaban J connectivity index is 1.40. The van der Waals surface area contributed by atoms with Crippen molar-refractivity contribution in [1.82, 2.24) is 14.9 Å². The first-order chi connectivity index (χ1) is 12.7. The summed E-state index contributed by atoms with van der Waals surface area (Å²) in [6.45, 7) is 3.57. The lowest BCUT2D eigenvalue weighted by atomic mass is 9.96. The third kappa shape index (κ3) is 3.29. The molecule has 1 aromatic heterocycles. The first-order valence-corrected chi connectivity index (χ1v) is 9.16. The number of nitrogens with zero attached hydrogens (tertiary/aromatic N) is 4. The van der Waals surface area contributed by atoms with Crippen LogP contribution in [0, 0.1) is 5.92 Å². The van der Waals surface area contributed by atoms with Gasteiger partial charge in [0.15, 0.2) is 5.82 Å². The number of hydrogen-bond acceptors (Lipinski definition) is 4. The molecule has 0 aliphatic carbocycles. The summed E-state index contributed by atoms with van der Waals surface area (Å²) in [5.74, 6) is 1.35. The van der Waals surface area contributed by atoms with Crippen LogP contribution in [0.25, 0.3) is 17.0 Å². The van der Waals surface area contributed by atoms with Gasteiger partial charge in [-0.25, -0.2) is 9.97 Å². The summed E-state index contributed by atoms with van der Waals surface area (Å²) in [5, 5.41) is 0. The average molecular weight is 346 g/mol. The van der Waals surface area contributed by atoms with E-state index in [1.54, 1.807) is 0 Å². The number of hydrogen-bond donors (Lipinski definition) is 0. The van der Waals surface area contributed by atoms with Crippen LogP contribution in [0.5, 0.6) is 0 Å². The second-order valence-electron chi connectivity index (χ2n) is 6.79. The third-order valence-corrected chi connectivity index (χ3v) is 5.13. The van der Waals surface area contributed by atoms with Gasteiger partial charge in [0.2, 0.25) is 5.91 Å². The maximum Gasteiger partial charge on any atom is 0.222 e. The molecule has 0 saturated carbocycles. The molecule has 4 rings (SSSR count). The van der Waals surface area contributed by atoms with Gasteiger partial charge in [-0.15, -0.1) is 0 Å². The fourth-order valence-corrected chi connectivity index (χ4v) is 3.59. The molecule has 1 amide bonds. The minimum Gasteiger partial charge on any atom is -0.342 e. The summed E-state index contributed by atoms with van der Waals surface area (Å²) in [5.41, 5.74) is 4.37. The Morgan fingerprint density at radius 3 is 2.65 bits per heavy atom. The molecule has 1 atom stereocenters. The summed E-state index contributed by atoms with van der Waals surface area (Å²) in [4.78, 5) is 27.5. The first kappa shape index (κ1) is 16.6. The smallest absolute Gasteiger partial charge is 0.222 e. The van der Waals surface area contributed by atoms with Gasteiger partial charge in [-0.3, -0.25) is 9.79 Å². The molecule has 0 spiro atoms. The standard InChI is InChI=1S/C21H22N4O/c1-2-20(26)25-9-8-16(14-25)19-10-17(11-22-19)18-12-23-21(24-13-18)15-6-4-3-5-7-15/h3-7,11-13,16H,2,8-10,14H2,1H3. The molecular formula is C21H22N4O. The van der Waals surface area contributed by atoms with E-state index in [1.165, 1.54) is 5.71 Å². The zero-order chi connectivity index (χ0) is 17.9. The van der Waals surface area contributed by atoms with E-state index in [-0.39, 0.29) is 5.91 Å². The second kappa shape index (κ2) is 7.20. The number of carbonyl (C=O) groups is 1. The molecule has 2 aliphatic rings. The number of rotatable bonds is 4. The lowest BCUT2D eigenvalue weighted by Crippen LogP contribution is -2.29. The molecule has 132 valence electrons. The Labute approximate surface area is 153 Å². The van der Waals surface area contributed by atoms with Crippen molar-refractivity contribution in [3.8, 4) is 11.4 Å². The van der Waals surface area contributed by atoms with Gasteiger partial charge in [-0.2, -0.15) is 0 Å². The van der Waals surface area contributed by atoms with Crippen molar-refractivity contribution in [1.29, 1.82) is 0 Å². The fourth-order valence-electron chi connectivity index (χ4n) is 3.59. The van der Waals surface area contributed by atoms with E-state index in [2.05, 4.69) is 15.0 Å². The van der Waals surface area contributed by atoms with E-state index >= 15 is 0 Å². The molecule has 2 aromatic rings. The molecule has 1 aromatic carbocycles. The first-order valence-electron chi connectivity index (χ1n) is 9.16. The second-order valence-corrected chi connectivity index (χ2v) is 6.79. The van der Waals surface area contributed by atoms with Gasteiger partial charge in [0.05, 0.1) is 0 Å². The lowest BCUT2D eigenvalue weighted by Gasteiger charge is -2.15. The molecule has 2 aliphatic heterocycles. The van der Waals surface area contributed by atoms with Crippen molar-refractivity contribution in [3.63, 3.8) is 0 Å². The van der Waals surface area contributed by atoms with Crippen LogP contribution in [-0.2, 0) is 4.79 Å². The number of likely N-dealkylation sites (tertiary alicyclic amines) is 1. The molecule has 0 N–H and O–H groups in total. The Hall–Kier alpha value is -2.82. The van der Waals surface area contributed by atoms with Crippen molar-refractivity contribution in [2.75, 3.05) is 13.1 Å². The van der Waals surface area contributed by atoms with Crippen LogP contribution in [0.3, 0.4) is 0 Å². The van der Waals surface area contributed by atoms with E-state index in [0.29, 0.717) is 12.3 Å². The Morgan fingerprint density at radius 1 is 1.15 bits per heavy atom. The molecule has 1 fully saturated rings. The highest BCUT2D eigenvalue weighted by Gasteiger charge is 2.30. The maximum absolute atomic E-state index is 11.9. The summed E-state index contributed by atoms with van der Waals surface area (Å²) in [6.07, 6.45) is 8.10. The molecule has 0 bridgehead atoms. The third-order valence-electron chi connectivity index (χ3n) is 5.13. The van der Waals surface area contributed by atoms with Crippen LogP contribution < -0.4 is 0 Å². The van der Waals surface area contributed by atoms with E-state index in [0.717, 1.165) is 48.5 Å². The van der Waals surface area contributed by atoms with Crippen LogP contribution >= 0.6 is 0 Å². The van der Waals surface area contributed by atoms with Gasteiger partial charge >= 0.3 is 0 Å². The van der Waals surface area contributed by atoms with Gasteiger partial charge in [0.25, 0.3) is 0 Å². The van der Waals surface area contributed by atoms with Crippen LogP contribution in [0.15, 0.2) is 53.9 Å². The average Bonchev–Trinajstić information content (AvgIpc) is 3.38. The highest BCUT2D eigenvalue weighted by Crippen LogP contribution is 2.30. The molecule has 3 heterocycles. The SMILES string of the molecule is CCC(=O)N1CCC(C2=NC=C(c3cnc(-c4ccccc4)nc3)C2)C1. The summed E-state index contributed by atoms with van der Waals surface area (Å²) in [6, 6.07) is 9.97. The van der Waals surface area contributed by atoms with Crippen LogP contribution in [0.1, 0.15) is 31.7 Å². The van der Waals surface area contributed by atoms with Crippen LogP contribution in [0.4, 0.5) is 0 Å². The minimum atomic E-state index is 0.240. The predicted octanol–water partition coefficient (Wildman–Crippen LogP) is 3.59. The quantitative estimate of drug-likeness (QED) is 0.850. The summed E-state index contributed by atoms with van der Waals surface area (Å²) in [7, 11) is 0. The maximum atomic E-state index is 11.9.